The molecule has 1 nitrogen and oxygen atoms in total. The summed E-state index contributed by atoms with van der Waals surface area (Å²) in [6.45, 7) is 1.73. The Labute approximate surface area is 144 Å². The van der Waals surface area contributed by atoms with Gasteiger partial charge in [-0.15, -0.1) is 12.4 Å². The first-order valence-electron chi connectivity index (χ1n) is 6.04. The lowest BCUT2D eigenvalue weighted by atomic mass is 10.1. The van der Waals surface area contributed by atoms with Crippen LogP contribution in [0.1, 0.15) is 11.1 Å². The molecule has 0 saturated carbocycles. The zero-order valence-electron chi connectivity index (χ0n) is 10.7. The summed E-state index contributed by atoms with van der Waals surface area (Å²) in [5.74, 6) is 0. The molecule has 0 unspecified atom stereocenters. The summed E-state index contributed by atoms with van der Waals surface area (Å²) in [7, 11) is 0. The summed E-state index contributed by atoms with van der Waals surface area (Å²) in [6, 6.07) is 13.9. The van der Waals surface area contributed by atoms with Crippen molar-refractivity contribution in [2.75, 3.05) is 6.54 Å². The second kappa shape index (κ2) is 8.91. The van der Waals surface area contributed by atoms with Crippen molar-refractivity contribution in [2.45, 2.75) is 13.0 Å². The first-order valence-corrected chi connectivity index (χ1v) is 7.59. The lowest BCUT2D eigenvalue weighted by molar-refractivity contribution is 0.687. The summed E-state index contributed by atoms with van der Waals surface area (Å²) in [6.07, 6.45) is 0.893. The van der Waals surface area contributed by atoms with Crippen LogP contribution in [0.3, 0.4) is 0 Å². The normalized spacial score (nSPS) is 10.2. The molecule has 2 aromatic rings. The fourth-order valence-corrected chi connectivity index (χ4v) is 2.78. The molecule has 0 saturated heterocycles. The van der Waals surface area contributed by atoms with E-state index < -0.39 is 0 Å². The number of benzene rings is 2. The zero-order valence-corrected chi connectivity index (χ0v) is 14.6. The second-order valence-corrected chi connectivity index (χ2v) is 6.05. The molecule has 0 spiro atoms. The van der Waals surface area contributed by atoms with Crippen molar-refractivity contribution in [2.24, 2.45) is 0 Å². The number of halogens is 4. The molecule has 0 fully saturated rings. The molecule has 0 aromatic heterocycles. The van der Waals surface area contributed by atoms with Crippen LogP contribution in [0.15, 0.2) is 46.9 Å². The number of rotatable bonds is 5. The van der Waals surface area contributed by atoms with E-state index in [1.165, 1.54) is 5.56 Å². The van der Waals surface area contributed by atoms with E-state index in [4.69, 9.17) is 23.2 Å². The zero-order chi connectivity index (χ0) is 13.7. The van der Waals surface area contributed by atoms with E-state index in [2.05, 4.69) is 33.4 Å². The van der Waals surface area contributed by atoms with Gasteiger partial charge in [0.05, 0.1) is 0 Å². The highest BCUT2D eigenvalue weighted by molar-refractivity contribution is 9.10. The molecule has 5 heteroatoms. The Morgan fingerprint density at radius 2 is 1.85 bits per heavy atom. The molecule has 0 aliphatic carbocycles. The van der Waals surface area contributed by atoms with E-state index >= 15 is 0 Å². The van der Waals surface area contributed by atoms with Gasteiger partial charge in [0.25, 0.3) is 0 Å². The highest BCUT2D eigenvalue weighted by Gasteiger charge is 2.01. The Morgan fingerprint density at radius 1 is 1.05 bits per heavy atom. The van der Waals surface area contributed by atoms with Gasteiger partial charge in [0, 0.05) is 21.1 Å². The molecule has 2 aromatic carbocycles. The van der Waals surface area contributed by atoms with Gasteiger partial charge >= 0.3 is 0 Å². The van der Waals surface area contributed by atoms with E-state index in [9.17, 15) is 0 Å². The minimum atomic E-state index is 0. The fraction of sp³-hybridized carbons (Fsp3) is 0.200. The predicted molar refractivity (Wildman–Crippen MR) is 93.3 cm³/mol. The van der Waals surface area contributed by atoms with Crippen molar-refractivity contribution in [3.05, 3.63) is 68.1 Å². The second-order valence-electron chi connectivity index (χ2n) is 4.29. The lowest BCUT2D eigenvalue weighted by Gasteiger charge is -2.07. The maximum Gasteiger partial charge on any atom is 0.0453 e. The van der Waals surface area contributed by atoms with Crippen LogP contribution >= 0.6 is 51.5 Å². The van der Waals surface area contributed by atoms with Gasteiger partial charge in [-0.25, -0.2) is 0 Å². The molecule has 0 atom stereocenters. The minimum Gasteiger partial charge on any atom is -0.312 e. The molecule has 0 radical (unpaired) electrons. The van der Waals surface area contributed by atoms with Crippen LogP contribution in [0.2, 0.25) is 10.0 Å². The Morgan fingerprint density at radius 3 is 2.55 bits per heavy atom. The Hall–Kier alpha value is -0.250. The molecule has 0 heterocycles. The maximum atomic E-state index is 6.13. The first-order chi connectivity index (χ1) is 9.15. The lowest BCUT2D eigenvalue weighted by Crippen LogP contribution is -2.16. The topological polar surface area (TPSA) is 12.0 Å². The van der Waals surface area contributed by atoms with E-state index in [1.54, 1.807) is 6.07 Å². The quantitative estimate of drug-likeness (QED) is 0.658. The third-order valence-corrected chi connectivity index (χ3v) is 3.88. The summed E-state index contributed by atoms with van der Waals surface area (Å²) < 4.78 is 1.10. The Bertz CT molecular complexity index is 561. The standard InChI is InChI=1S/C15H14BrCl2N.ClH/c16-13-3-1-2-11(8-13)10-19-7-6-12-4-5-14(17)9-15(12)18;/h1-5,8-9,19H,6-7,10H2;1H. The highest BCUT2D eigenvalue weighted by Crippen LogP contribution is 2.21. The monoisotopic (exact) mass is 393 g/mol. The van der Waals surface area contributed by atoms with Crippen LogP contribution in [0.5, 0.6) is 0 Å². The van der Waals surface area contributed by atoms with Crippen LogP contribution in [0.4, 0.5) is 0 Å². The smallest absolute Gasteiger partial charge is 0.0453 e. The molecule has 0 bridgehead atoms. The third kappa shape index (κ3) is 5.63. The molecule has 0 aliphatic heterocycles. The van der Waals surface area contributed by atoms with Crippen LogP contribution in [0.25, 0.3) is 0 Å². The number of hydrogen-bond donors (Lipinski definition) is 1. The highest BCUT2D eigenvalue weighted by atomic mass is 79.9. The van der Waals surface area contributed by atoms with E-state index in [1.807, 2.05) is 24.3 Å². The predicted octanol–water partition coefficient (Wildman–Crippen LogP) is 5.51. The van der Waals surface area contributed by atoms with Crippen molar-refractivity contribution in [3.63, 3.8) is 0 Å². The van der Waals surface area contributed by atoms with Gasteiger partial charge in [-0.05, 0) is 48.4 Å². The van der Waals surface area contributed by atoms with Gasteiger partial charge in [-0.2, -0.15) is 0 Å². The minimum absolute atomic E-state index is 0. The summed E-state index contributed by atoms with van der Waals surface area (Å²) in [4.78, 5) is 0. The summed E-state index contributed by atoms with van der Waals surface area (Å²) in [5, 5.41) is 4.82. The molecule has 0 amide bonds. The largest absolute Gasteiger partial charge is 0.312 e. The first kappa shape index (κ1) is 17.8. The Balaban J connectivity index is 0.00000200. The average Bonchev–Trinajstić information content (AvgIpc) is 2.37. The van der Waals surface area contributed by atoms with Gasteiger partial charge in [0.2, 0.25) is 0 Å². The van der Waals surface area contributed by atoms with E-state index in [0.717, 1.165) is 34.6 Å². The molecular formula is C15H15BrCl3N. The average molecular weight is 396 g/mol. The molecule has 0 aliphatic rings. The van der Waals surface area contributed by atoms with Gasteiger partial charge in [-0.1, -0.05) is 57.3 Å². The number of hydrogen-bond acceptors (Lipinski definition) is 1. The molecule has 20 heavy (non-hydrogen) atoms. The van der Waals surface area contributed by atoms with E-state index in [-0.39, 0.29) is 12.4 Å². The Kier molecular flexibility index (Phi) is 7.93. The van der Waals surface area contributed by atoms with Gasteiger partial charge in [0.1, 0.15) is 0 Å². The van der Waals surface area contributed by atoms with Crippen molar-refractivity contribution >= 4 is 51.5 Å². The van der Waals surface area contributed by atoms with Crippen LogP contribution < -0.4 is 5.32 Å². The van der Waals surface area contributed by atoms with Crippen molar-refractivity contribution < 1.29 is 0 Å². The van der Waals surface area contributed by atoms with Crippen molar-refractivity contribution in [1.82, 2.24) is 5.32 Å². The molecule has 2 rings (SSSR count). The van der Waals surface area contributed by atoms with Crippen LogP contribution in [0, 0.1) is 0 Å². The van der Waals surface area contributed by atoms with Crippen molar-refractivity contribution in [3.8, 4) is 0 Å². The van der Waals surface area contributed by atoms with Crippen LogP contribution in [-0.4, -0.2) is 6.54 Å². The van der Waals surface area contributed by atoms with Gasteiger partial charge in [0.15, 0.2) is 0 Å². The summed E-state index contributed by atoms with van der Waals surface area (Å²) >= 11 is 15.5. The molecule has 108 valence electrons. The fourth-order valence-electron chi connectivity index (χ4n) is 1.83. The van der Waals surface area contributed by atoms with Crippen molar-refractivity contribution in [1.29, 1.82) is 0 Å². The van der Waals surface area contributed by atoms with Crippen LogP contribution in [-0.2, 0) is 13.0 Å². The maximum absolute atomic E-state index is 6.13. The van der Waals surface area contributed by atoms with Gasteiger partial charge in [-0.3, -0.25) is 0 Å². The summed E-state index contributed by atoms with van der Waals surface area (Å²) in [5.41, 5.74) is 2.38. The molecular weight excluding hydrogens is 380 g/mol. The molecule has 1 N–H and O–H groups in total. The number of nitrogens with one attached hydrogen (secondary N) is 1. The SMILES string of the molecule is Cl.Clc1ccc(CCNCc2cccc(Br)c2)c(Cl)c1. The van der Waals surface area contributed by atoms with Gasteiger partial charge < -0.3 is 5.32 Å². The third-order valence-electron chi connectivity index (χ3n) is 2.80. The van der Waals surface area contributed by atoms with E-state index in [0.29, 0.717) is 5.02 Å².